The molecule has 1 atom stereocenters. The van der Waals surface area contributed by atoms with Crippen molar-refractivity contribution in [1.82, 2.24) is 5.32 Å². The van der Waals surface area contributed by atoms with Gasteiger partial charge in [0.2, 0.25) is 5.91 Å². The van der Waals surface area contributed by atoms with Gasteiger partial charge in [-0.3, -0.25) is 4.79 Å². The van der Waals surface area contributed by atoms with E-state index in [1.807, 2.05) is 0 Å². The van der Waals surface area contributed by atoms with Crippen molar-refractivity contribution in [2.45, 2.75) is 6.04 Å². The zero-order valence-electron chi connectivity index (χ0n) is 8.88. The molecule has 16 heavy (non-hydrogen) atoms. The molecule has 1 amide bonds. The van der Waals surface area contributed by atoms with Crippen molar-refractivity contribution >= 4 is 29.1 Å². The maximum absolute atomic E-state index is 11.2. The van der Waals surface area contributed by atoms with E-state index in [-0.39, 0.29) is 10.0 Å². The Labute approximate surface area is 104 Å². The summed E-state index contributed by atoms with van der Waals surface area (Å²) in [6.07, 6.45) is 0. The van der Waals surface area contributed by atoms with Crippen molar-refractivity contribution in [3.05, 3.63) is 27.7 Å². The Kier molecular flexibility index (Phi) is 4.41. The van der Waals surface area contributed by atoms with E-state index in [4.69, 9.17) is 33.7 Å². The second-order valence-corrected chi connectivity index (χ2v) is 3.87. The van der Waals surface area contributed by atoms with Crippen molar-refractivity contribution in [2.24, 2.45) is 5.73 Å². The largest absolute Gasteiger partial charge is 0.495 e. The highest BCUT2D eigenvalue weighted by Crippen LogP contribution is 2.36. The molecule has 4 nitrogen and oxygen atoms in total. The van der Waals surface area contributed by atoms with E-state index in [2.05, 4.69) is 5.32 Å². The minimum atomic E-state index is -0.670. The van der Waals surface area contributed by atoms with Crippen LogP contribution in [0.3, 0.4) is 0 Å². The third-order valence-corrected chi connectivity index (χ3v) is 3.06. The SMILES string of the molecule is CNC(C(N)=O)c1ccc(OC)c(Cl)c1Cl. The predicted octanol–water partition coefficient (Wildman–Crippen LogP) is 1.75. The Morgan fingerprint density at radius 2 is 2.06 bits per heavy atom. The Bertz CT molecular complexity index is 410. The second-order valence-electron chi connectivity index (χ2n) is 3.11. The van der Waals surface area contributed by atoms with Gasteiger partial charge in [0.05, 0.1) is 12.1 Å². The highest BCUT2D eigenvalue weighted by Gasteiger charge is 2.21. The highest BCUT2D eigenvalue weighted by molar-refractivity contribution is 6.43. The van der Waals surface area contributed by atoms with Gasteiger partial charge < -0.3 is 15.8 Å². The molecule has 0 aliphatic heterocycles. The average molecular weight is 263 g/mol. The van der Waals surface area contributed by atoms with Crippen LogP contribution in [0.5, 0.6) is 5.75 Å². The zero-order chi connectivity index (χ0) is 12.3. The van der Waals surface area contributed by atoms with Crippen LogP contribution >= 0.6 is 23.2 Å². The van der Waals surface area contributed by atoms with Gasteiger partial charge in [-0.05, 0) is 18.7 Å². The van der Waals surface area contributed by atoms with Gasteiger partial charge in [-0.25, -0.2) is 0 Å². The summed E-state index contributed by atoms with van der Waals surface area (Å²) in [5.74, 6) is -0.0691. The number of ether oxygens (including phenoxy) is 1. The Morgan fingerprint density at radius 3 is 2.50 bits per heavy atom. The van der Waals surface area contributed by atoms with Crippen LogP contribution in [0.2, 0.25) is 10.0 Å². The average Bonchev–Trinajstić information content (AvgIpc) is 2.25. The smallest absolute Gasteiger partial charge is 0.239 e. The lowest BCUT2D eigenvalue weighted by molar-refractivity contribution is -0.120. The molecule has 0 saturated carbocycles. The van der Waals surface area contributed by atoms with E-state index in [0.717, 1.165) is 0 Å². The number of hydrogen-bond donors (Lipinski definition) is 2. The van der Waals surface area contributed by atoms with Crippen molar-refractivity contribution in [2.75, 3.05) is 14.2 Å². The molecule has 0 radical (unpaired) electrons. The van der Waals surface area contributed by atoms with Gasteiger partial charge in [-0.1, -0.05) is 29.3 Å². The molecular weight excluding hydrogens is 251 g/mol. The summed E-state index contributed by atoms with van der Waals surface area (Å²) in [5, 5.41) is 3.29. The molecule has 0 heterocycles. The van der Waals surface area contributed by atoms with Crippen LogP contribution in [0.15, 0.2) is 12.1 Å². The van der Waals surface area contributed by atoms with Crippen molar-refractivity contribution in [1.29, 1.82) is 0 Å². The molecule has 0 aliphatic rings. The molecule has 3 N–H and O–H groups in total. The normalized spacial score (nSPS) is 12.2. The number of rotatable bonds is 4. The molecule has 0 aliphatic carbocycles. The number of primary amides is 1. The van der Waals surface area contributed by atoms with Crippen LogP contribution < -0.4 is 15.8 Å². The fourth-order valence-electron chi connectivity index (χ4n) is 1.38. The number of nitrogens with one attached hydrogen (secondary N) is 1. The third kappa shape index (κ3) is 2.40. The molecule has 1 aromatic carbocycles. The fraction of sp³-hybridized carbons (Fsp3) is 0.300. The van der Waals surface area contributed by atoms with E-state index in [9.17, 15) is 4.79 Å². The lowest BCUT2D eigenvalue weighted by Crippen LogP contribution is -2.31. The minimum Gasteiger partial charge on any atom is -0.495 e. The summed E-state index contributed by atoms with van der Waals surface area (Å²) in [6.45, 7) is 0. The number of carbonyl (C=O) groups excluding carboxylic acids is 1. The van der Waals surface area contributed by atoms with Crippen LogP contribution in [-0.2, 0) is 4.79 Å². The molecule has 0 fully saturated rings. The first-order chi connectivity index (χ1) is 7.52. The molecule has 6 heteroatoms. The summed E-state index contributed by atoms with van der Waals surface area (Å²) in [4.78, 5) is 11.2. The molecule has 0 spiro atoms. The number of likely N-dealkylation sites (N-methyl/N-ethyl adjacent to an activating group) is 1. The monoisotopic (exact) mass is 262 g/mol. The van der Waals surface area contributed by atoms with Crippen LogP contribution in [0.1, 0.15) is 11.6 Å². The van der Waals surface area contributed by atoms with Crippen molar-refractivity contribution in [3.8, 4) is 5.75 Å². The van der Waals surface area contributed by atoms with Gasteiger partial charge in [0, 0.05) is 0 Å². The third-order valence-electron chi connectivity index (χ3n) is 2.18. The molecule has 0 aromatic heterocycles. The lowest BCUT2D eigenvalue weighted by atomic mass is 10.1. The minimum absolute atomic E-state index is 0.263. The van der Waals surface area contributed by atoms with E-state index in [1.54, 1.807) is 19.2 Å². The predicted molar refractivity (Wildman–Crippen MR) is 64.0 cm³/mol. The molecule has 1 rings (SSSR count). The van der Waals surface area contributed by atoms with Crippen molar-refractivity contribution in [3.63, 3.8) is 0 Å². The Morgan fingerprint density at radius 1 is 1.44 bits per heavy atom. The maximum Gasteiger partial charge on any atom is 0.239 e. The summed E-state index contributed by atoms with van der Waals surface area (Å²) >= 11 is 12.0. The fourth-order valence-corrected chi connectivity index (χ4v) is 1.89. The first kappa shape index (κ1) is 13.1. The number of benzene rings is 1. The van der Waals surface area contributed by atoms with Crippen LogP contribution in [-0.4, -0.2) is 20.1 Å². The van der Waals surface area contributed by atoms with Gasteiger partial charge >= 0.3 is 0 Å². The van der Waals surface area contributed by atoms with Crippen LogP contribution in [0.25, 0.3) is 0 Å². The molecule has 1 unspecified atom stereocenters. The first-order valence-corrected chi connectivity index (χ1v) is 5.27. The Hall–Kier alpha value is -0.970. The summed E-state index contributed by atoms with van der Waals surface area (Å²) in [6, 6.07) is 2.62. The quantitative estimate of drug-likeness (QED) is 0.869. The van der Waals surface area contributed by atoms with Gasteiger partial charge in [0.15, 0.2) is 0 Å². The molecule has 0 bridgehead atoms. The van der Waals surface area contributed by atoms with E-state index < -0.39 is 11.9 Å². The van der Waals surface area contributed by atoms with Gasteiger partial charge in [0.1, 0.15) is 16.8 Å². The lowest BCUT2D eigenvalue weighted by Gasteiger charge is -2.16. The topological polar surface area (TPSA) is 64.3 Å². The maximum atomic E-state index is 11.2. The highest BCUT2D eigenvalue weighted by atomic mass is 35.5. The number of hydrogen-bond acceptors (Lipinski definition) is 3. The van der Waals surface area contributed by atoms with Gasteiger partial charge in [-0.2, -0.15) is 0 Å². The van der Waals surface area contributed by atoms with Crippen LogP contribution in [0, 0.1) is 0 Å². The molecule has 1 aromatic rings. The van der Waals surface area contributed by atoms with E-state index >= 15 is 0 Å². The zero-order valence-corrected chi connectivity index (χ0v) is 10.4. The van der Waals surface area contributed by atoms with Gasteiger partial charge in [-0.15, -0.1) is 0 Å². The first-order valence-electron chi connectivity index (χ1n) is 4.51. The number of carbonyl (C=O) groups is 1. The molecule has 0 saturated heterocycles. The standard InChI is InChI=1S/C10H12Cl2N2O2/c1-14-9(10(13)15)5-3-4-6(16-2)8(12)7(5)11/h3-4,9,14H,1-2H3,(H2,13,15). The summed E-state index contributed by atoms with van der Waals surface area (Å²) in [7, 11) is 3.10. The van der Waals surface area contributed by atoms with Crippen LogP contribution in [0.4, 0.5) is 0 Å². The number of amides is 1. The Balaban J connectivity index is 3.25. The van der Waals surface area contributed by atoms with E-state index in [0.29, 0.717) is 11.3 Å². The number of nitrogens with two attached hydrogens (primary N) is 1. The van der Waals surface area contributed by atoms with E-state index in [1.165, 1.54) is 7.11 Å². The second kappa shape index (κ2) is 5.39. The number of methoxy groups -OCH3 is 1. The summed E-state index contributed by atoms with van der Waals surface area (Å²) in [5.41, 5.74) is 5.76. The van der Waals surface area contributed by atoms with Gasteiger partial charge in [0.25, 0.3) is 0 Å². The summed E-state index contributed by atoms with van der Waals surface area (Å²) < 4.78 is 5.00. The molecular formula is C10H12Cl2N2O2. The van der Waals surface area contributed by atoms with Crippen molar-refractivity contribution < 1.29 is 9.53 Å². The molecule has 88 valence electrons. The number of halogens is 2.